The summed E-state index contributed by atoms with van der Waals surface area (Å²) in [4.78, 5) is 29.2. The Kier molecular flexibility index (Phi) is 4.01. The number of hydrogen-bond acceptors (Lipinski definition) is 3. The van der Waals surface area contributed by atoms with E-state index in [1.54, 1.807) is 16.8 Å². The van der Waals surface area contributed by atoms with Gasteiger partial charge in [-0.1, -0.05) is 12.1 Å². The van der Waals surface area contributed by atoms with Crippen molar-refractivity contribution in [3.05, 3.63) is 77.0 Å². The van der Waals surface area contributed by atoms with Crippen LogP contribution in [-0.4, -0.2) is 19.9 Å². The lowest BCUT2D eigenvalue weighted by atomic mass is 10.2. The summed E-state index contributed by atoms with van der Waals surface area (Å²) in [6, 6.07) is 15.0. The zero-order valence-corrected chi connectivity index (χ0v) is 14.3. The number of aromatic nitrogens is 3. The molecule has 4 aromatic rings. The molecule has 0 bridgehead atoms. The molecule has 1 N–H and O–H groups in total. The Morgan fingerprint density at radius 2 is 1.81 bits per heavy atom. The Bertz CT molecular complexity index is 1160. The monoisotopic (exact) mass is 346 g/mol. The van der Waals surface area contributed by atoms with E-state index in [0.717, 1.165) is 16.7 Å². The molecular weight excluding hydrogens is 328 g/mol. The molecule has 0 fully saturated rings. The number of fused-ring (bicyclic) bond motifs is 3. The van der Waals surface area contributed by atoms with E-state index < -0.39 is 0 Å². The van der Waals surface area contributed by atoms with Gasteiger partial charge in [0.15, 0.2) is 0 Å². The molecule has 0 aliphatic rings. The van der Waals surface area contributed by atoms with Crippen molar-refractivity contribution in [1.82, 2.24) is 14.0 Å². The lowest BCUT2D eigenvalue weighted by Crippen LogP contribution is -2.25. The summed E-state index contributed by atoms with van der Waals surface area (Å²) in [7, 11) is 0. The van der Waals surface area contributed by atoms with E-state index in [1.165, 1.54) is 0 Å². The van der Waals surface area contributed by atoms with Crippen LogP contribution >= 0.6 is 0 Å². The Hall–Kier alpha value is -3.41. The number of amides is 1. The van der Waals surface area contributed by atoms with Crippen molar-refractivity contribution in [3.63, 3.8) is 0 Å². The fourth-order valence-electron chi connectivity index (χ4n) is 3.11. The van der Waals surface area contributed by atoms with Gasteiger partial charge in [-0.25, -0.2) is 0 Å². The molecule has 0 aliphatic heterocycles. The second-order valence-electron chi connectivity index (χ2n) is 6.20. The number of carbonyl (C=O) groups is 1. The Morgan fingerprint density at radius 1 is 1.04 bits per heavy atom. The largest absolute Gasteiger partial charge is 0.325 e. The Labute approximate surface area is 149 Å². The summed E-state index contributed by atoms with van der Waals surface area (Å²) in [6.07, 6.45) is 3.70. The first-order valence-electron chi connectivity index (χ1n) is 8.44. The van der Waals surface area contributed by atoms with Gasteiger partial charge in [0, 0.05) is 24.9 Å². The molecule has 1 aromatic carbocycles. The van der Waals surface area contributed by atoms with E-state index >= 15 is 0 Å². The van der Waals surface area contributed by atoms with Gasteiger partial charge >= 0.3 is 0 Å². The van der Waals surface area contributed by atoms with Gasteiger partial charge in [0.1, 0.15) is 5.52 Å². The molecule has 0 radical (unpaired) electrons. The number of nitrogens with one attached hydrogen (secondary N) is 1. The number of hydrogen-bond donors (Lipinski definition) is 1. The van der Waals surface area contributed by atoms with Crippen molar-refractivity contribution < 1.29 is 4.79 Å². The molecular formula is C20H18N4O2. The van der Waals surface area contributed by atoms with Crippen LogP contribution in [-0.2, 0) is 11.3 Å². The molecule has 130 valence electrons. The number of aryl methyl sites for hydroxylation is 2. The minimum absolute atomic E-state index is 0.0986. The van der Waals surface area contributed by atoms with Crippen LogP contribution in [0.3, 0.4) is 0 Å². The van der Waals surface area contributed by atoms with E-state index in [0.29, 0.717) is 17.7 Å². The van der Waals surface area contributed by atoms with Crippen LogP contribution in [0, 0.1) is 6.92 Å². The zero-order chi connectivity index (χ0) is 18.1. The SMILES string of the molecule is Cc1ccc(NC(=O)CCn2c(=O)c3cccn3c3ccccc32)cn1. The summed E-state index contributed by atoms with van der Waals surface area (Å²) in [5.41, 5.74) is 3.80. The van der Waals surface area contributed by atoms with Crippen molar-refractivity contribution in [2.75, 3.05) is 5.32 Å². The van der Waals surface area contributed by atoms with Gasteiger partial charge < -0.3 is 14.3 Å². The van der Waals surface area contributed by atoms with Gasteiger partial charge in [0.2, 0.25) is 5.91 Å². The van der Waals surface area contributed by atoms with Crippen molar-refractivity contribution in [2.45, 2.75) is 19.9 Å². The third-order valence-electron chi connectivity index (χ3n) is 4.40. The number of rotatable bonds is 4. The molecule has 6 heteroatoms. The van der Waals surface area contributed by atoms with E-state index in [1.807, 2.05) is 60.0 Å². The lowest BCUT2D eigenvalue weighted by Gasteiger charge is -2.12. The average Bonchev–Trinajstić information content (AvgIpc) is 3.14. The second kappa shape index (κ2) is 6.48. The summed E-state index contributed by atoms with van der Waals surface area (Å²) in [5, 5.41) is 2.82. The maximum absolute atomic E-state index is 12.8. The number of anilines is 1. The summed E-state index contributed by atoms with van der Waals surface area (Å²) >= 11 is 0. The quantitative estimate of drug-likeness (QED) is 0.618. The van der Waals surface area contributed by atoms with Crippen LogP contribution in [0.4, 0.5) is 5.69 Å². The van der Waals surface area contributed by atoms with Gasteiger partial charge in [-0.15, -0.1) is 0 Å². The maximum atomic E-state index is 12.8. The highest BCUT2D eigenvalue weighted by Gasteiger charge is 2.11. The predicted molar refractivity (Wildman–Crippen MR) is 101 cm³/mol. The minimum atomic E-state index is -0.151. The highest BCUT2D eigenvalue weighted by atomic mass is 16.2. The topological polar surface area (TPSA) is 68.4 Å². The number of benzene rings is 1. The number of nitrogens with zero attached hydrogens (tertiary/aromatic N) is 3. The second-order valence-corrected chi connectivity index (χ2v) is 6.20. The van der Waals surface area contributed by atoms with Crippen LogP contribution in [0.1, 0.15) is 12.1 Å². The third-order valence-corrected chi connectivity index (χ3v) is 4.40. The van der Waals surface area contributed by atoms with Crippen molar-refractivity contribution in [3.8, 4) is 0 Å². The third kappa shape index (κ3) is 2.86. The molecule has 0 saturated heterocycles. The van der Waals surface area contributed by atoms with Crippen LogP contribution < -0.4 is 10.9 Å². The van der Waals surface area contributed by atoms with Crippen molar-refractivity contribution >= 4 is 28.1 Å². The molecule has 0 spiro atoms. The van der Waals surface area contributed by atoms with Crippen molar-refractivity contribution in [2.24, 2.45) is 0 Å². The molecule has 0 saturated carbocycles. The van der Waals surface area contributed by atoms with Crippen LogP contribution in [0.25, 0.3) is 16.6 Å². The molecule has 4 rings (SSSR count). The summed E-state index contributed by atoms with van der Waals surface area (Å²) in [5.74, 6) is -0.151. The van der Waals surface area contributed by atoms with E-state index in [2.05, 4.69) is 10.3 Å². The first-order chi connectivity index (χ1) is 12.6. The van der Waals surface area contributed by atoms with Crippen molar-refractivity contribution in [1.29, 1.82) is 0 Å². The molecule has 0 aliphatic carbocycles. The maximum Gasteiger partial charge on any atom is 0.275 e. The molecule has 0 atom stereocenters. The van der Waals surface area contributed by atoms with Gasteiger partial charge in [0.05, 0.1) is 22.9 Å². The fourth-order valence-corrected chi connectivity index (χ4v) is 3.11. The molecule has 26 heavy (non-hydrogen) atoms. The van der Waals surface area contributed by atoms with E-state index in [9.17, 15) is 9.59 Å². The standard InChI is InChI=1S/C20H18N4O2/c1-14-8-9-15(13-21-14)22-19(25)10-12-24-17-6-3-2-5-16(17)23-11-4-7-18(23)20(24)26/h2-9,11,13H,10,12H2,1H3,(H,22,25). The van der Waals surface area contributed by atoms with Crippen LogP contribution in [0.5, 0.6) is 0 Å². The normalized spacial score (nSPS) is 11.1. The van der Waals surface area contributed by atoms with Gasteiger partial charge in [-0.05, 0) is 43.3 Å². The number of pyridine rings is 1. The first kappa shape index (κ1) is 16.1. The molecule has 6 nitrogen and oxygen atoms in total. The van der Waals surface area contributed by atoms with Crippen LogP contribution in [0.15, 0.2) is 65.7 Å². The number of carbonyl (C=O) groups excluding carboxylic acids is 1. The van der Waals surface area contributed by atoms with Gasteiger partial charge in [-0.3, -0.25) is 14.6 Å². The van der Waals surface area contributed by atoms with E-state index in [4.69, 9.17) is 0 Å². The Balaban J connectivity index is 1.62. The predicted octanol–water partition coefficient (Wildman–Crippen LogP) is 2.99. The fraction of sp³-hybridized carbons (Fsp3) is 0.150. The smallest absolute Gasteiger partial charge is 0.275 e. The molecule has 3 heterocycles. The van der Waals surface area contributed by atoms with E-state index in [-0.39, 0.29) is 17.9 Å². The number of para-hydroxylation sites is 2. The molecule has 3 aromatic heterocycles. The highest BCUT2D eigenvalue weighted by molar-refractivity contribution is 5.90. The van der Waals surface area contributed by atoms with Crippen LogP contribution in [0.2, 0.25) is 0 Å². The minimum Gasteiger partial charge on any atom is -0.325 e. The summed E-state index contributed by atoms with van der Waals surface area (Å²) < 4.78 is 3.55. The highest BCUT2D eigenvalue weighted by Crippen LogP contribution is 2.15. The first-order valence-corrected chi connectivity index (χ1v) is 8.44. The zero-order valence-electron chi connectivity index (χ0n) is 14.3. The van der Waals surface area contributed by atoms with Gasteiger partial charge in [-0.2, -0.15) is 0 Å². The Morgan fingerprint density at radius 3 is 2.58 bits per heavy atom. The lowest BCUT2D eigenvalue weighted by molar-refractivity contribution is -0.116. The molecule has 1 amide bonds. The van der Waals surface area contributed by atoms with Gasteiger partial charge in [0.25, 0.3) is 5.56 Å². The average molecular weight is 346 g/mol. The summed E-state index contributed by atoms with van der Waals surface area (Å²) in [6.45, 7) is 2.20. The molecule has 0 unspecified atom stereocenters.